The van der Waals surface area contributed by atoms with Gasteiger partial charge in [0.25, 0.3) is 0 Å². The van der Waals surface area contributed by atoms with Crippen LogP contribution in [-0.4, -0.2) is 23.3 Å². The van der Waals surface area contributed by atoms with Gasteiger partial charge in [-0.25, -0.2) is 4.79 Å². The normalized spacial score (nSPS) is 10.6. The Hall–Kier alpha value is -3.71. The fourth-order valence-corrected chi connectivity index (χ4v) is 3.12. The fraction of sp³-hybridized carbons (Fsp3) is 0.0909. The number of amides is 2. The second-order valence-corrected chi connectivity index (χ2v) is 6.88. The third-order valence-corrected chi connectivity index (χ3v) is 4.81. The topological polar surface area (TPSA) is 88.3 Å². The molecule has 3 N–H and O–H groups in total. The molecule has 4 rings (SSSR count). The van der Waals surface area contributed by atoms with Crippen molar-refractivity contribution in [2.24, 2.45) is 0 Å². The maximum atomic E-state index is 12.4. The van der Waals surface area contributed by atoms with Crippen LogP contribution in [0.3, 0.4) is 0 Å². The molecule has 7 nitrogen and oxygen atoms in total. The van der Waals surface area contributed by atoms with E-state index in [1.165, 1.54) is 0 Å². The van der Waals surface area contributed by atoms with E-state index < -0.39 is 6.03 Å². The van der Waals surface area contributed by atoms with Gasteiger partial charge in [-0.15, -0.1) is 0 Å². The Kier molecular flexibility index (Phi) is 5.72. The highest BCUT2D eigenvalue weighted by Crippen LogP contribution is 2.27. The minimum absolute atomic E-state index is 0.335. The number of carbonyl (C=O) groups excluding carboxylic acids is 1. The van der Waals surface area contributed by atoms with E-state index in [0.717, 1.165) is 16.5 Å². The number of nitrogens with zero attached hydrogens (tertiary/aromatic N) is 1. The van der Waals surface area contributed by atoms with Gasteiger partial charge in [-0.1, -0.05) is 35.9 Å². The van der Waals surface area contributed by atoms with E-state index in [9.17, 15) is 4.79 Å². The largest absolute Gasteiger partial charge is 0.497 e. The molecule has 8 heteroatoms. The van der Waals surface area contributed by atoms with Crippen molar-refractivity contribution in [1.82, 2.24) is 10.2 Å². The summed E-state index contributed by atoms with van der Waals surface area (Å²) in [6, 6.07) is 19.7. The van der Waals surface area contributed by atoms with Gasteiger partial charge >= 0.3 is 6.03 Å². The lowest BCUT2D eigenvalue weighted by molar-refractivity contribution is 0.262. The van der Waals surface area contributed by atoms with Gasteiger partial charge in [0.1, 0.15) is 18.1 Å². The van der Waals surface area contributed by atoms with Crippen LogP contribution in [0.4, 0.5) is 16.3 Å². The zero-order chi connectivity index (χ0) is 20.9. The SMILES string of the molecule is COc1cccc(NC(=O)Nc2n[nH]c3ccc(OCc4ccccc4Cl)cc23)c1. The Morgan fingerprint density at radius 1 is 1.03 bits per heavy atom. The van der Waals surface area contributed by atoms with Gasteiger partial charge in [0, 0.05) is 27.7 Å². The zero-order valence-electron chi connectivity index (χ0n) is 16.1. The first-order valence-electron chi connectivity index (χ1n) is 9.19. The third-order valence-electron chi connectivity index (χ3n) is 4.45. The number of H-pyrrole nitrogens is 1. The van der Waals surface area contributed by atoms with E-state index in [1.807, 2.05) is 42.5 Å². The van der Waals surface area contributed by atoms with E-state index in [-0.39, 0.29) is 0 Å². The minimum atomic E-state index is -0.418. The fourth-order valence-electron chi connectivity index (χ4n) is 2.93. The first-order chi connectivity index (χ1) is 14.6. The summed E-state index contributed by atoms with van der Waals surface area (Å²) >= 11 is 6.18. The predicted octanol–water partition coefficient (Wildman–Crippen LogP) is 5.45. The third kappa shape index (κ3) is 4.47. The molecule has 4 aromatic rings. The molecular weight excluding hydrogens is 404 g/mol. The highest BCUT2D eigenvalue weighted by molar-refractivity contribution is 6.31. The molecule has 0 saturated carbocycles. The Labute approximate surface area is 178 Å². The Balaban J connectivity index is 1.47. The molecule has 0 fully saturated rings. The number of hydrogen-bond donors (Lipinski definition) is 3. The van der Waals surface area contributed by atoms with Gasteiger partial charge in [-0.2, -0.15) is 5.10 Å². The summed E-state index contributed by atoms with van der Waals surface area (Å²) in [5, 5.41) is 14.0. The molecule has 0 atom stereocenters. The molecule has 0 unspecified atom stereocenters. The minimum Gasteiger partial charge on any atom is -0.497 e. The average Bonchev–Trinajstić information content (AvgIpc) is 3.15. The summed E-state index contributed by atoms with van der Waals surface area (Å²) in [6.07, 6.45) is 0. The van der Waals surface area contributed by atoms with E-state index in [0.29, 0.717) is 34.6 Å². The highest BCUT2D eigenvalue weighted by Gasteiger charge is 2.11. The number of rotatable bonds is 6. The smallest absolute Gasteiger partial charge is 0.324 e. The van der Waals surface area contributed by atoms with Crippen LogP contribution in [0.15, 0.2) is 66.7 Å². The molecule has 0 bridgehead atoms. The van der Waals surface area contributed by atoms with Gasteiger partial charge in [0.15, 0.2) is 5.82 Å². The van der Waals surface area contributed by atoms with Crippen LogP contribution in [0, 0.1) is 0 Å². The van der Waals surface area contributed by atoms with Gasteiger partial charge < -0.3 is 14.8 Å². The number of hydrogen-bond acceptors (Lipinski definition) is 4. The van der Waals surface area contributed by atoms with Crippen molar-refractivity contribution in [3.63, 3.8) is 0 Å². The van der Waals surface area contributed by atoms with Crippen molar-refractivity contribution in [1.29, 1.82) is 0 Å². The number of ether oxygens (including phenoxy) is 2. The van der Waals surface area contributed by atoms with E-state index in [1.54, 1.807) is 31.4 Å². The zero-order valence-corrected chi connectivity index (χ0v) is 16.9. The summed E-state index contributed by atoms with van der Waals surface area (Å²) in [6.45, 7) is 0.335. The van der Waals surface area contributed by atoms with Crippen LogP contribution in [0.5, 0.6) is 11.5 Å². The van der Waals surface area contributed by atoms with E-state index >= 15 is 0 Å². The second-order valence-electron chi connectivity index (χ2n) is 6.47. The van der Waals surface area contributed by atoms with Gasteiger partial charge in [0.05, 0.1) is 12.6 Å². The lowest BCUT2D eigenvalue weighted by atomic mass is 10.2. The molecule has 1 heterocycles. The predicted molar refractivity (Wildman–Crippen MR) is 118 cm³/mol. The molecule has 3 aromatic carbocycles. The molecule has 0 spiro atoms. The summed E-state index contributed by atoms with van der Waals surface area (Å²) in [5.41, 5.74) is 2.27. The first kappa shape index (κ1) is 19.6. The lowest BCUT2D eigenvalue weighted by Gasteiger charge is -2.09. The molecule has 152 valence electrons. The van der Waals surface area contributed by atoms with Gasteiger partial charge in [-0.3, -0.25) is 10.4 Å². The van der Waals surface area contributed by atoms with E-state index in [4.69, 9.17) is 21.1 Å². The number of aromatic nitrogens is 2. The van der Waals surface area contributed by atoms with Crippen molar-refractivity contribution >= 4 is 40.0 Å². The maximum Gasteiger partial charge on any atom is 0.324 e. The van der Waals surface area contributed by atoms with Gasteiger partial charge in [0.2, 0.25) is 0 Å². The Morgan fingerprint density at radius 3 is 2.73 bits per heavy atom. The van der Waals surface area contributed by atoms with Crippen LogP contribution in [0.2, 0.25) is 5.02 Å². The van der Waals surface area contributed by atoms with Crippen molar-refractivity contribution in [3.05, 3.63) is 77.3 Å². The molecule has 0 aliphatic carbocycles. The number of methoxy groups -OCH3 is 1. The number of benzene rings is 3. The van der Waals surface area contributed by atoms with E-state index in [2.05, 4.69) is 20.8 Å². The number of halogens is 1. The monoisotopic (exact) mass is 422 g/mol. The van der Waals surface area contributed by atoms with Crippen molar-refractivity contribution in [2.45, 2.75) is 6.61 Å². The molecular formula is C22H19ClN4O3. The molecule has 0 aliphatic heterocycles. The van der Waals surface area contributed by atoms with Crippen LogP contribution < -0.4 is 20.1 Å². The second kappa shape index (κ2) is 8.75. The molecule has 0 radical (unpaired) electrons. The van der Waals surface area contributed by atoms with Crippen LogP contribution in [-0.2, 0) is 6.61 Å². The quantitative estimate of drug-likeness (QED) is 0.385. The van der Waals surface area contributed by atoms with Crippen LogP contribution in [0.1, 0.15) is 5.56 Å². The Bertz CT molecular complexity index is 1190. The standard InChI is InChI=1S/C22H19ClN4O3/c1-29-16-7-4-6-15(11-16)24-22(28)25-21-18-12-17(9-10-20(18)26-27-21)30-13-14-5-2-3-8-19(14)23/h2-12H,13H2,1H3,(H3,24,25,26,27,28). The molecule has 2 amide bonds. The van der Waals surface area contributed by atoms with Crippen molar-refractivity contribution in [2.75, 3.05) is 17.7 Å². The first-order valence-corrected chi connectivity index (χ1v) is 9.56. The van der Waals surface area contributed by atoms with Gasteiger partial charge in [-0.05, 0) is 36.4 Å². The number of fused-ring (bicyclic) bond motifs is 1. The number of urea groups is 1. The van der Waals surface area contributed by atoms with Crippen LogP contribution in [0.25, 0.3) is 10.9 Å². The molecule has 1 aromatic heterocycles. The molecule has 30 heavy (non-hydrogen) atoms. The highest BCUT2D eigenvalue weighted by atomic mass is 35.5. The average molecular weight is 423 g/mol. The summed E-state index contributed by atoms with van der Waals surface area (Å²) in [4.78, 5) is 12.4. The van der Waals surface area contributed by atoms with Crippen LogP contribution >= 0.6 is 11.6 Å². The summed E-state index contributed by atoms with van der Waals surface area (Å²) in [7, 11) is 1.57. The molecule has 0 saturated heterocycles. The maximum absolute atomic E-state index is 12.4. The lowest BCUT2D eigenvalue weighted by Crippen LogP contribution is -2.19. The molecule has 0 aliphatic rings. The number of aromatic amines is 1. The summed E-state index contributed by atoms with van der Waals surface area (Å²) in [5.74, 6) is 1.69. The number of nitrogens with one attached hydrogen (secondary N) is 3. The summed E-state index contributed by atoms with van der Waals surface area (Å²) < 4.78 is 11.0. The number of carbonyl (C=O) groups is 1. The van der Waals surface area contributed by atoms with Crippen molar-refractivity contribution in [3.8, 4) is 11.5 Å². The Morgan fingerprint density at radius 2 is 1.90 bits per heavy atom. The van der Waals surface area contributed by atoms with Crippen molar-refractivity contribution < 1.29 is 14.3 Å². The number of anilines is 2.